The summed E-state index contributed by atoms with van der Waals surface area (Å²) in [5.41, 5.74) is 1.81. The third kappa shape index (κ3) is 3.12. The van der Waals surface area contributed by atoms with Gasteiger partial charge in [-0.15, -0.1) is 0 Å². The molecule has 2 N–H and O–H groups in total. The second kappa shape index (κ2) is 6.34. The first kappa shape index (κ1) is 13.6. The predicted octanol–water partition coefficient (Wildman–Crippen LogP) is 2.73. The first-order valence-corrected chi connectivity index (χ1v) is 7.61. The van der Waals surface area contributed by atoms with Gasteiger partial charge in [0.15, 0.2) is 0 Å². The van der Waals surface area contributed by atoms with E-state index in [0.717, 1.165) is 36.8 Å². The Morgan fingerprint density at radius 3 is 2.83 bits per heavy atom. The third-order valence-electron chi connectivity index (χ3n) is 3.81. The van der Waals surface area contributed by atoms with Gasteiger partial charge in [-0.1, -0.05) is 19.3 Å². The molecule has 1 aromatic heterocycles. The van der Waals surface area contributed by atoms with Crippen LogP contribution in [0.4, 0.5) is 0 Å². The maximum atomic E-state index is 12.2. The number of aliphatic hydroxyl groups is 1. The summed E-state index contributed by atoms with van der Waals surface area (Å²) in [7, 11) is 0. The van der Waals surface area contributed by atoms with E-state index in [9.17, 15) is 9.90 Å². The molecule has 0 aromatic carbocycles. The Kier molecular flexibility index (Phi) is 4.78. The molecule has 100 valence electrons. The molecule has 2 atom stereocenters. The van der Waals surface area contributed by atoms with Crippen molar-refractivity contribution in [2.24, 2.45) is 5.92 Å². The van der Waals surface area contributed by atoms with E-state index in [0.29, 0.717) is 0 Å². The monoisotopic (exact) mass is 267 g/mol. The molecule has 0 radical (unpaired) electrons. The van der Waals surface area contributed by atoms with Crippen molar-refractivity contribution in [3.63, 3.8) is 0 Å². The summed E-state index contributed by atoms with van der Waals surface area (Å²) in [6, 6.07) is 0.129. The molecule has 0 aliphatic heterocycles. The minimum atomic E-state index is 0.0131. The van der Waals surface area contributed by atoms with Crippen LogP contribution in [0.5, 0.6) is 0 Å². The van der Waals surface area contributed by atoms with Crippen molar-refractivity contribution >= 4 is 17.2 Å². The summed E-state index contributed by atoms with van der Waals surface area (Å²) < 4.78 is 0. The lowest BCUT2D eigenvalue weighted by atomic mass is 9.95. The van der Waals surface area contributed by atoms with Gasteiger partial charge in [0.25, 0.3) is 5.91 Å². The molecule has 1 fully saturated rings. The molecule has 1 amide bonds. The summed E-state index contributed by atoms with van der Waals surface area (Å²) in [5, 5.41) is 16.4. The number of aryl methyl sites for hydroxylation is 1. The molecule has 1 saturated carbocycles. The van der Waals surface area contributed by atoms with Crippen molar-refractivity contribution < 1.29 is 9.90 Å². The van der Waals surface area contributed by atoms with Gasteiger partial charge in [-0.3, -0.25) is 4.79 Å². The number of hydrogen-bond donors (Lipinski definition) is 2. The Balaban J connectivity index is 2.02. The molecule has 2 unspecified atom stereocenters. The fraction of sp³-hybridized carbons (Fsp3) is 0.643. The quantitative estimate of drug-likeness (QED) is 0.827. The van der Waals surface area contributed by atoms with Crippen LogP contribution in [0.2, 0.25) is 0 Å². The molecule has 1 aromatic rings. The summed E-state index contributed by atoms with van der Waals surface area (Å²) in [4.78, 5) is 12.2. The molecule has 4 heteroatoms. The van der Waals surface area contributed by atoms with Crippen molar-refractivity contribution in [2.75, 3.05) is 6.61 Å². The lowest BCUT2D eigenvalue weighted by molar-refractivity contribution is 0.0899. The van der Waals surface area contributed by atoms with E-state index in [4.69, 9.17) is 0 Å². The Labute approximate surface area is 112 Å². The van der Waals surface area contributed by atoms with Gasteiger partial charge in [-0.05, 0) is 30.7 Å². The van der Waals surface area contributed by atoms with Crippen molar-refractivity contribution in [2.45, 2.75) is 45.1 Å². The molecule has 0 spiro atoms. The van der Waals surface area contributed by atoms with Crippen LogP contribution < -0.4 is 5.32 Å². The smallest absolute Gasteiger partial charge is 0.252 e. The maximum absolute atomic E-state index is 12.2. The van der Waals surface area contributed by atoms with Crippen LogP contribution in [0.3, 0.4) is 0 Å². The van der Waals surface area contributed by atoms with Crippen LogP contribution in [0.1, 0.15) is 48.0 Å². The second-order valence-electron chi connectivity index (χ2n) is 5.13. The number of amides is 1. The summed E-state index contributed by atoms with van der Waals surface area (Å²) in [5.74, 6) is 0.231. The number of aliphatic hydroxyl groups excluding tert-OH is 1. The SMILES string of the molecule is Cc1cscc1C(=O)NC1CCCCCC1CO. The minimum Gasteiger partial charge on any atom is -0.396 e. The van der Waals surface area contributed by atoms with Crippen molar-refractivity contribution in [1.29, 1.82) is 0 Å². The van der Waals surface area contributed by atoms with Crippen molar-refractivity contribution in [3.05, 3.63) is 21.9 Å². The lowest BCUT2D eigenvalue weighted by Gasteiger charge is -2.24. The first-order chi connectivity index (χ1) is 8.72. The van der Waals surface area contributed by atoms with Gasteiger partial charge < -0.3 is 10.4 Å². The summed E-state index contributed by atoms with van der Waals surface area (Å²) in [6.45, 7) is 2.13. The van der Waals surface area contributed by atoms with Crippen LogP contribution in [-0.4, -0.2) is 23.7 Å². The zero-order chi connectivity index (χ0) is 13.0. The largest absolute Gasteiger partial charge is 0.396 e. The maximum Gasteiger partial charge on any atom is 0.252 e. The third-order valence-corrected chi connectivity index (χ3v) is 4.67. The topological polar surface area (TPSA) is 49.3 Å². The Morgan fingerprint density at radius 2 is 2.17 bits per heavy atom. The van der Waals surface area contributed by atoms with E-state index in [2.05, 4.69) is 5.32 Å². The summed E-state index contributed by atoms with van der Waals surface area (Å²) in [6.07, 6.45) is 5.52. The molecule has 0 bridgehead atoms. The van der Waals surface area contributed by atoms with Gasteiger partial charge in [0.05, 0.1) is 5.56 Å². The lowest BCUT2D eigenvalue weighted by Crippen LogP contribution is -2.41. The van der Waals surface area contributed by atoms with Gasteiger partial charge in [0, 0.05) is 23.9 Å². The number of carbonyl (C=O) groups is 1. The molecule has 1 heterocycles. The normalized spacial score (nSPS) is 24.6. The molecule has 1 aliphatic carbocycles. The fourth-order valence-corrected chi connectivity index (χ4v) is 3.46. The Hall–Kier alpha value is -0.870. The van der Waals surface area contributed by atoms with E-state index in [1.807, 2.05) is 17.7 Å². The van der Waals surface area contributed by atoms with Gasteiger partial charge in [0.1, 0.15) is 0 Å². The number of nitrogens with one attached hydrogen (secondary N) is 1. The van der Waals surface area contributed by atoms with Crippen LogP contribution >= 0.6 is 11.3 Å². The van der Waals surface area contributed by atoms with Crippen LogP contribution in [-0.2, 0) is 0 Å². The second-order valence-corrected chi connectivity index (χ2v) is 5.87. The molecule has 1 aliphatic rings. The van der Waals surface area contributed by atoms with Crippen LogP contribution in [0.15, 0.2) is 10.8 Å². The molecule has 18 heavy (non-hydrogen) atoms. The zero-order valence-corrected chi connectivity index (χ0v) is 11.6. The van der Waals surface area contributed by atoms with Crippen LogP contribution in [0, 0.1) is 12.8 Å². The Bertz CT molecular complexity index is 402. The van der Waals surface area contributed by atoms with E-state index in [1.165, 1.54) is 6.42 Å². The molecular formula is C14H21NO2S. The van der Waals surface area contributed by atoms with Gasteiger partial charge in [-0.25, -0.2) is 0 Å². The average molecular weight is 267 g/mol. The molecule has 3 nitrogen and oxygen atoms in total. The Morgan fingerprint density at radius 1 is 1.39 bits per heavy atom. The molecule has 2 rings (SSSR count). The number of carbonyl (C=O) groups excluding carboxylic acids is 1. The highest BCUT2D eigenvalue weighted by atomic mass is 32.1. The van der Waals surface area contributed by atoms with Gasteiger partial charge in [-0.2, -0.15) is 11.3 Å². The highest BCUT2D eigenvalue weighted by Crippen LogP contribution is 2.24. The predicted molar refractivity (Wildman–Crippen MR) is 74.0 cm³/mol. The van der Waals surface area contributed by atoms with Gasteiger partial charge >= 0.3 is 0 Å². The highest BCUT2D eigenvalue weighted by Gasteiger charge is 2.25. The molecule has 0 saturated heterocycles. The summed E-state index contributed by atoms with van der Waals surface area (Å²) >= 11 is 1.56. The van der Waals surface area contributed by atoms with E-state index in [1.54, 1.807) is 11.3 Å². The van der Waals surface area contributed by atoms with E-state index in [-0.39, 0.29) is 24.5 Å². The van der Waals surface area contributed by atoms with Crippen molar-refractivity contribution in [3.8, 4) is 0 Å². The standard InChI is InChI=1S/C14H21NO2S/c1-10-8-18-9-12(10)14(17)15-13-6-4-2-3-5-11(13)7-16/h8-9,11,13,16H,2-7H2,1H3,(H,15,17). The number of hydrogen-bond acceptors (Lipinski definition) is 3. The van der Waals surface area contributed by atoms with Crippen molar-refractivity contribution in [1.82, 2.24) is 5.32 Å². The minimum absolute atomic E-state index is 0.0131. The van der Waals surface area contributed by atoms with E-state index < -0.39 is 0 Å². The molecular weight excluding hydrogens is 246 g/mol. The average Bonchev–Trinajstić information content (AvgIpc) is 2.66. The van der Waals surface area contributed by atoms with Crippen LogP contribution in [0.25, 0.3) is 0 Å². The first-order valence-electron chi connectivity index (χ1n) is 6.67. The highest BCUT2D eigenvalue weighted by molar-refractivity contribution is 7.08. The zero-order valence-electron chi connectivity index (χ0n) is 10.8. The number of thiophene rings is 1. The number of rotatable bonds is 3. The van der Waals surface area contributed by atoms with Gasteiger partial charge in [0.2, 0.25) is 0 Å². The fourth-order valence-electron chi connectivity index (χ4n) is 2.63. The van der Waals surface area contributed by atoms with E-state index >= 15 is 0 Å².